The Labute approximate surface area is 133 Å². The number of hydrogen-bond acceptors (Lipinski definition) is 3. The van der Waals surface area contributed by atoms with Gasteiger partial charge >= 0.3 is 0 Å². The minimum atomic E-state index is -0.107. The molecule has 0 spiro atoms. The van der Waals surface area contributed by atoms with Gasteiger partial charge in [0.2, 0.25) is 0 Å². The maximum Gasteiger partial charge on any atom is 0.257 e. The normalized spacial score (nSPS) is 19.2. The first kappa shape index (κ1) is 15.6. The van der Waals surface area contributed by atoms with Crippen LogP contribution < -0.4 is 0 Å². The first-order valence-electron chi connectivity index (χ1n) is 7.01. The highest BCUT2D eigenvalue weighted by atomic mass is 127. The number of amides is 1. The molecule has 1 aromatic rings. The van der Waals surface area contributed by atoms with Gasteiger partial charge in [0.05, 0.1) is 5.56 Å². The molecule has 1 heterocycles. The first-order valence-corrected chi connectivity index (χ1v) is 8.08. The van der Waals surface area contributed by atoms with Gasteiger partial charge in [-0.05, 0) is 66.7 Å². The summed E-state index contributed by atoms with van der Waals surface area (Å²) >= 11 is 2.15. The number of likely N-dealkylation sites (N-methyl/N-ethyl adjacent to an activating group) is 2. The van der Waals surface area contributed by atoms with E-state index in [1.54, 1.807) is 23.1 Å². The molecule has 1 saturated heterocycles. The minimum absolute atomic E-state index is 0.0565. The summed E-state index contributed by atoms with van der Waals surface area (Å²) in [7, 11) is 1.81. The molecule has 1 aromatic carbocycles. The maximum atomic E-state index is 12.4. The number of nitrogens with zero attached hydrogens (tertiary/aromatic N) is 2. The SMILES string of the molecule is CCN1CCCC1CN(C)C(=O)c1cc(I)ccc1O. The van der Waals surface area contributed by atoms with Gasteiger partial charge in [0, 0.05) is 23.2 Å². The average Bonchev–Trinajstić information content (AvgIpc) is 2.87. The quantitative estimate of drug-likeness (QED) is 0.807. The second kappa shape index (κ2) is 6.76. The summed E-state index contributed by atoms with van der Waals surface area (Å²) in [5.41, 5.74) is 0.389. The molecule has 0 radical (unpaired) electrons. The lowest BCUT2D eigenvalue weighted by Crippen LogP contribution is -2.41. The monoisotopic (exact) mass is 388 g/mol. The summed E-state index contributed by atoms with van der Waals surface area (Å²) in [4.78, 5) is 16.6. The van der Waals surface area contributed by atoms with Crippen LogP contribution in [0, 0.1) is 3.57 Å². The van der Waals surface area contributed by atoms with Gasteiger partial charge in [-0.2, -0.15) is 0 Å². The van der Waals surface area contributed by atoms with Crippen molar-refractivity contribution in [3.05, 3.63) is 27.3 Å². The fraction of sp³-hybridized carbons (Fsp3) is 0.533. The third kappa shape index (κ3) is 3.44. The van der Waals surface area contributed by atoms with E-state index in [4.69, 9.17) is 0 Å². The summed E-state index contributed by atoms with van der Waals surface area (Å²) in [5, 5.41) is 9.85. The fourth-order valence-corrected chi connectivity index (χ4v) is 3.29. The van der Waals surface area contributed by atoms with E-state index in [0.717, 1.165) is 29.6 Å². The lowest BCUT2D eigenvalue weighted by atomic mass is 10.1. The van der Waals surface area contributed by atoms with E-state index in [9.17, 15) is 9.90 Å². The van der Waals surface area contributed by atoms with Crippen molar-refractivity contribution in [1.29, 1.82) is 0 Å². The second-order valence-electron chi connectivity index (χ2n) is 5.27. The Morgan fingerprint density at radius 3 is 3.00 bits per heavy atom. The van der Waals surface area contributed by atoms with Crippen LogP contribution in [0.3, 0.4) is 0 Å². The molecule has 1 N–H and O–H groups in total. The van der Waals surface area contributed by atoms with Crippen LogP contribution in [0.4, 0.5) is 0 Å². The zero-order valence-corrected chi connectivity index (χ0v) is 14.1. The van der Waals surface area contributed by atoms with Crippen molar-refractivity contribution < 1.29 is 9.90 Å². The fourth-order valence-electron chi connectivity index (χ4n) is 2.80. The first-order chi connectivity index (χ1) is 9.52. The van der Waals surface area contributed by atoms with Crippen molar-refractivity contribution in [3.8, 4) is 5.75 Å². The molecule has 4 nitrogen and oxygen atoms in total. The lowest BCUT2D eigenvalue weighted by Gasteiger charge is -2.28. The molecule has 1 amide bonds. The number of phenolic OH excluding ortho intramolecular Hbond substituents is 1. The maximum absolute atomic E-state index is 12.4. The Hall–Kier alpha value is -0.820. The molecule has 0 bridgehead atoms. The van der Waals surface area contributed by atoms with Gasteiger partial charge in [0.1, 0.15) is 5.75 Å². The molecule has 5 heteroatoms. The number of carbonyl (C=O) groups is 1. The number of halogens is 1. The number of carbonyl (C=O) groups excluding carboxylic acids is 1. The molecular formula is C15H21IN2O2. The molecule has 1 aliphatic heterocycles. The number of likely N-dealkylation sites (tertiary alicyclic amines) is 1. The van der Waals surface area contributed by atoms with Crippen LogP contribution in [0.25, 0.3) is 0 Å². The third-order valence-electron chi connectivity index (χ3n) is 3.93. The van der Waals surface area contributed by atoms with Crippen LogP contribution in [-0.2, 0) is 0 Å². The van der Waals surface area contributed by atoms with Crippen molar-refractivity contribution in [2.75, 3.05) is 26.7 Å². The molecular weight excluding hydrogens is 367 g/mol. The third-order valence-corrected chi connectivity index (χ3v) is 4.60. The number of rotatable bonds is 4. The predicted molar refractivity (Wildman–Crippen MR) is 88.1 cm³/mol. The largest absolute Gasteiger partial charge is 0.507 e. The standard InChI is InChI=1S/C15H21IN2O2/c1-3-18-8-4-5-12(18)10-17(2)15(20)13-9-11(16)6-7-14(13)19/h6-7,9,12,19H,3-5,8,10H2,1-2H3. The van der Waals surface area contributed by atoms with Crippen LogP contribution in [0.1, 0.15) is 30.1 Å². The van der Waals surface area contributed by atoms with Crippen LogP contribution in [0.2, 0.25) is 0 Å². The number of aromatic hydroxyl groups is 1. The predicted octanol–water partition coefficient (Wildman–Crippen LogP) is 2.55. The highest BCUT2D eigenvalue weighted by molar-refractivity contribution is 14.1. The average molecular weight is 388 g/mol. The Bertz CT molecular complexity index is 493. The van der Waals surface area contributed by atoms with Crippen molar-refractivity contribution >= 4 is 28.5 Å². The van der Waals surface area contributed by atoms with E-state index < -0.39 is 0 Å². The van der Waals surface area contributed by atoms with E-state index in [0.29, 0.717) is 11.6 Å². The summed E-state index contributed by atoms with van der Waals surface area (Å²) in [6.07, 6.45) is 2.35. The van der Waals surface area contributed by atoms with Gasteiger partial charge in [0.15, 0.2) is 0 Å². The van der Waals surface area contributed by atoms with Crippen molar-refractivity contribution in [3.63, 3.8) is 0 Å². The molecule has 0 aromatic heterocycles. The van der Waals surface area contributed by atoms with Crippen molar-refractivity contribution in [2.24, 2.45) is 0 Å². The Morgan fingerprint density at radius 2 is 2.30 bits per heavy atom. The number of hydrogen-bond donors (Lipinski definition) is 1. The highest BCUT2D eigenvalue weighted by Crippen LogP contribution is 2.22. The van der Waals surface area contributed by atoms with Gasteiger partial charge in [0.25, 0.3) is 5.91 Å². The van der Waals surface area contributed by atoms with Crippen LogP contribution in [-0.4, -0.2) is 53.5 Å². The van der Waals surface area contributed by atoms with Crippen LogP contribution in [0.5, 0.6) is 5.75 Å². The van der Waals surface area contributed by atoms with Gasteiger partial charge in [-0.3, -0.25) is 9.69 Å². The van der Waals surface area contributed by atoms with E-state index in [1.807, 2.05) is 7.05 Å². The van der Waals surface area contributed by atoms with Crippen molar-refractivity contribution in [2.45, 2.75) is 25.8 Å². The van der Waals surface area contributed by atoms with Crippen molar-refractivity contribution in [1.82, 2.24) is 9.80 Å². The van der Waals surface area contributed by atoms with E-state index in [-0.39, 0.29) is 11.7 Å². The Morgan fingerprint density at radius 1 is 1.55 bits per heavy atom. The van der Waals surface area contributed by atoms with Gasteiger partial charge in [-0.25, -0.2) is 0 Å². The van der Waals surface area contributed by atoms with Gasteiger partial charge in [-0.1, -0.05) is 6.92 Å². The molecule has 1 atom stereocenters. The number of benzene rings is 1. The van der Waals surface area contributed by atoms with Crippen LogP contribution >= 0.6 is 22.6 Å². The minimum Gasteiger partial charge on any atom is -0.507 e. The van der Waals surface area contributed by atoms with E-state index in [1.165, 1.54) is 6.42 Å². The molecule has 20 heavy (non-hydrogen) atoms. The van der Waals surface area contributed by atoms with Crippen LogP contribution in [0.15, 0.2) is 18.2 Å². The molecule has 110 valence electrons. The summed E-state index contributed by atoms with van der Waals surface area (Å²) < 4.78 is 0.952. The topological polar surface area (TPSA) is 43.8 Å². The second-order valence-corrected chi connectivity index (χ2v) is 6.52. The molecule has 1 fully saturated rings. The lowest BCUT2D eigenvalue weighted by molar-refractivity contribution is 0.0751. The van der Waals surface area contributed by atoms with Gasteiger partial charge < -0.3 is 10.0 Å². The molecule has 1 unspecified atom stereocenters. The smallest absolute Gasteiger partial charge is 0.257 e. The molecule has 1 aliphatic rings. The van der Waals surface area contributed by atoms with Gasteiger partial charge in [-0.15, -0.1) is 0 Å². The Balaban J connectivity index is 2.07. The molecule has 2 rings (SSSR count). The Kier molecular flexibility index (Phi) is 5.26. The zero-order chi connectivity index (χ0) is 14.7. The molecule has 0 saturated carbocycles. The summed E-state index contributed by atoms with van der Waals surface area (Å²) in [6, 6.07) is 5.55. The zero-order valence-electron chi connectivity index (χ0n) is 12.0. The highest BCUT2D eigenvalue weighted by Gasteiger charge is 2.26. The summed E-state index contributed by atoms with van der Waals surface area (Å²) in [5.74, 6) is -0.0509. The number of phenols is 1. The van der Waals surface area contributed by atoms with E-state index in [2.05, 4.69) is 34.4 Å². The summed E-state index contributed by atoms with van der Waals surface area (Å²) in [6.45, 7) is 5.03. The molecule has 0 aliphatic carbocycles. The van der Waals surface area contributed by atoms with E-state index >= 15 is 0 Å².